The van der Waals surface area contributed by atoms with Crippen LogP contribution in [-0.4, -0.2) is 27.1 Å². The summed E-state index contributed by atoms with van der Waals surface area (Å²) in [6.45, 7) is 0. The molecule has 0 aliphatic rings. The lowest BCUT2D eigenvalue weighted by Crippen LogP contribution is -2.34. The second-order valence-corrected chi connectivity index (χ2v) is 4.02. The van der Waals surface area contributed by atoms with E-state index in [-0.39, 0.29) is 6.04 Å². The summed E-state index contributed by atoms with van der Waals surface area (Å²) in [5.74, 6) is 0.284. The molecule has 0 saturated carbocycles. The zero-order valence-electron chi connectivity index (χ0n) is 10.1. The number of rotatable bonds is 5. The highest BCUT2D eigenvalue weighted by molar-refractivity contribution is 6.24. The first kappa shape index (κ1) is 12.1. The van der Waals surface area contributed by atoms with E-state index in [0.717, 1.165) is 11.8 Å². The highest BCUT2D eigenvalue weighted by Gasteiger charge is 2.19. The number of amides is 1. The van der Waals surface area contributed by atoms with E-state index in [1.807, 2.05) is 30.3 Å². The number of carbonyl (C=O) groups excluding carboxylic acids is 1. The Balaban J connectivity index is 2.11. The van der Waals surface area contributed by atoms with E-state index in [9.17, 15) is 4.79 Å². The third-order valence-corrected chi connectivity index (χ3v) is 2.59. The molecule has 0 fully saturated rings. The molecule has 0 bridgehead atoms. The molecule has 6 heteroatoms. The number of hydrogen-bond acceptors (Lipinski definition) is 3. The number of aromatic amines is 1. The number of H-pyrrole nitrogens is 1. The topological polar surface area (TPSA) is 86.6 Å². The predicted molar refractivity (Wildman–Crippen MR) is 67.4 cm³/mol. The molecule has 1 atom stereocenters. The maximum atomic E-state index is 11.3. The van der Waals surface area contributed by atoms with Crippen LogP contribution in [0.15, 0.2) is 30.3 Å². The molecule has 0 aliphatic carbocycles. The van der Waals surface area contributed by atoms with Gasteiger partial charge in [0.25, 0.3) is 5.91 Å². The van der Waals surface area contributed by atoms with Gasteiger partial charge in [0.1, 0.15) is 0 Å². The number of hydrogen-bond donors (Lipinski definition) is 3. The number of carbonyl (C=O) groups is 1. The van der Waals surface area contributed by atoms with Crippen LogP contribution < -0.4 is 5.32 Å². The molecule has 0 saturated heterocycles. The van der Waals surface area contributed by atoms with Gasteiger partial charge in [0.2, 0.25) is 0 Å². The first-order valence-corrected chi connectivity index (χ1v) is 5.63. The van der Waals surface area contributed by atoms with Crippen LogP contribution in [0.2, 0.25) is 0 Å². The first-order chi connectivity index (χ1) is 8.69. The third kappa shape index (κ3) is 2.85. The summed E-state index contributed by atoms with van der Waals surface area (Å²) < 4.78 is 0. The maximum Gasteiger partial charge on any atom is 0.262 e. The quantitative estimate of drug-likeness (QED) is 0.680. The van der Waals surface area contributed by atoms with E-state index in [4.69, 9.17) is 5.41 Å². The molecule has 94 valence electrons. The second-order valence-electron chi connectivity index (χ2n) is 4.02. The fourth-order valence-corrected chi connectivity index (χ4v) is 1.76. The predicted octanol–water partition coefficient (Wildman–Crippen LogP) is 0.798. The molecular formula is C12H15N5O. The Bertz CT molecular complexity index is 516. The number of nitrogens with one attached hydrogen (secondary N) is 3. The van der Waals surface area contributed by atoms with Crippen LogP contribution in [0.5, 0.6) is 0 Å². The van der Waals surface area contributed by atoms with Gasteiger partial charge in [-0.2, -0.15) is 0 Å². The lowest BCUT2D eigenvalue weighted by Gasteiger charge is -2.20. The van der Waals surface area contributed by atoms with Gasteiger partial charge in [-0.3, -0.25) is 9.89 Å². The van der Waals surface area contributed by atoms with Crippen LogP contribution in [0.1, 0.15) is 17.4 Å². The summed E-state index contributed by atoms with van der Waals surface area (Å²) in [5, 5.41) is 16.8. The summed E-state index contributed by atoms with van der Waals surface area (Å²) in [6.07, 6.45) is 1.40. The van der Waals surface area contributed by atoms with E-state index in [1.165, 1.54) is 0 Å². The van der Waals surface area contributed by atoms with Gasteiger partial charge in [-0.1, -0.05) is 30.3 Å². The molecule has 0 radical (unpaired) electrons. The Morgan fingerprint density at radius 1 is 1.56 bits per heavy atom. The fraction of sp³-hybridized carbons (Fsp3) is 0.250. The van der Waals surface area contributed by atoms with Crippen molar-refractivity contribution in [2.45, 2.75) is 12.5 Å². The molecule has 1 unspecified atom stereocenters. The van der Waals surface area contributed by atoms with Gasteiger partial charge in [0.15, 0.2) is 5.82 Å². The van der Waals surface area contributed by atoms with Crippen molar-refractivity contribution < 1.29 is 4.79 Å². The zero-order valence-corrected chi connectivity index (χ0v) is 10.1. The Kier molecular flexibility index (Phi) is 3.57. The van der Waals surface area contributed by atoms with Gasteiger partial charge in [-0.05, 0) is 5.56 Å². The molecule has 1 aromatic heterocycles. The molecule has 2 aromatic rings. The SMILES string of the molecule is Cn1nc(C(Cc2ccccc2)NC(=O)C=N)[nH]1. The van der Waals surface area contributed by atoms with Gasteiger partial charge < -0.3 is 10.7 Å². The van der Waals surface area contributed by atoms with Crippen LogP contribution in [-0.2, 0) is 18.3 Å². The number of nitrogens with zero attached hydrogens (tertiary/aromatic N) is 2. The monoisotopic (exact) mass is 245 g/mol. The molecule has 1 amide bonds. The minimum Gasteiger partial charge on any atom is -0.341 e. The van der Waals surface area contributed by atoms with E-state index < -0.39 is 5.91 Å². The normalized spacial score (nSPS) is 12.1. The third-order valence-electron chi connectivity index (χ3n) is 2.59. The van der Waals surface area contributed by atoms with Crippen molar-refractivity contribution >= 4 is 12.1 Å². The van der Waals surface area contributed by atoms with Gasteiger partial charge >= 0.3 is 0 Å². The molecule has 6 nitrogen and oxygen atoms in total. The molecule has 1 heterocycles. The fourth-order valence-electron chi connectivity index (χ4n) is 1.76. The largest absolute Gasteiger partial charge is 0.341 e. The van der Waals surface area contributed by atoms with Gasteiger partial charge in [0, 0.05) is 13.5 Å². The standard InChI is InChI=1S/C12H15N5O/c1-17-15-12(16-17)10(14-11(18)8-13)7-9-5-3-2-4-6-9/h2-6,8,10,13H,7H2,1H3,(H,14,18)(H,15,16). The van der Waals surface area contributed by atoms with Gasteiger partial charge in [-0.25, -0.2) is 4.80 Å². The molecule has 1 aromatic carbocycles. The van der Waals surface area contributed by atoms with Crippen molar-refractivity contribution in [2.75, 3.05) is 0 Å². The van der Waals surface area contributed by atoms with E-state index in [2.05, 4.69) is 15.5 Å². The lowest BCUT2D eigenvalue weighted by atomic mass is 10.1. The van der Waals surface area contributed by atoms with Crippen molar-refractivity contribution in [1.29, 1.82) is 5.41 Å². The van der Waals surface area contributed by atoms with E-state index in [1.54, 1.807) is 11.8 Å². The second kappa shape index (κ2) is 5.31. The summed E-state index contributed by atoms with van der Waals surface area (Å²) >= 11 is 0. The Hall–Kier alpha value is -2.37. The van der Waals surface area contributed by atoms with E-state index >= 15 is 0 Å². The van der Waals surface area contributed by atoms with Crippen LogP contribution in [0.3, 0.4) is 0 Å². The minimum absolute atomic E-state index is 0.238. The van der Waals surface area contributed by atoms with E-state index in [0.29, 0.717) is 12.2 Å². The molecule has 0 aliphatic heterocycles. The zero-order chi connectivity index (χ0) is 13.0. The Morgan fingerprint density at radius 2 is 2.22 bits per heavy atom. The highest BCUT2D eigenvalue weighted by atomic mass is 16.1. The van der Waals surface area contributed by atoms with Crippen molar-refractivity contribution in [3.63, 3.8) is 0 Å². The summed E-state index contributed by atoms with van der Waals surface area (Å²) in [5.41, 5.74) is 1.10. The maximum absolute atomic E-state index is 11.3. The first-order valence-electron chi connectivity index (χ1n) is 5.63. The smallest absolute Gasteiger partial charge is 0.262 e. The molecular weight excluding hydrogens is 230 g/mol. The van der Waals surface area contributed by atoms with Gasteiger partial charge in [-0.15, -0.1) is 5.10 Å². The average Bonchev–Trinajstić information content (AvgIpc) is 2.35. The summed E-state index contributed by atoms with van der Waals surface area (Å²) in [4.78, 5) is 12.9. The number of aryl methyl sites for hydroxylation is 1. The molecule has 3 N–H and O–H groups in total. The Labute approximate surface area is 104 Å². The number of benzene rings is 1. The van der Waals surface area contributed by atoms with Crippen LogP contribution in [0, 0.1) is 5.41 Å². The van der Waals surface area contributed by atoms with Crippen LogP contribution in [0.25, 0.3) is 0 Å². The van der Waals surface area contributed by atoms with Crippen molar-refractivity contribution in [3.8, 4) is 0 Å². The van der Waals surface area contributed by atoms with Gasteiger partial charge in [0.05, 0.1) is 12.3 Å². The summed E-state index contributed by atoms with van der Waals surface area (Å²) in [6, 6.07) is 9.60. The van der Waals surface area contributed by atoms with Crippen molar-refractivity contribution in [2.24, 2.45) is 7.05 Å². The minimum atomic E-state index is -0.421. The van der Waals surface area contributed by atoms with Crippen LogP contribution >= 0.6 is 0 Å². The van der Waals surface area contributed by atoms with Crippen molar-refractivity contribution in [1.82, 2.24) is 20.3 Å². The van der Waals surface area contributed by atoms with Crippen molar-refractivity contribution in [3.05, 3.63) is 41.7 Å². The van der Waals surface area contributed by atoms with Crippen LogP contribution in [0.4, 0.5) is 0 Å². The number of aromatic nitrogens is 3. The summed E-state index contributed by atoms with van der Waals surface area (Å²) in [7, 11) is 1.78. The molecule has 18 heavy (non-hydrogen) atoms. The average molecular weight is 245 g/mol. The molecule has 2 rings (SSSR count). The Morgan fingerprint density at radius 3 is 2.78 bits per heavy atom. The highest BCUT2D eigenvalue weighted by Crippen LogP contribution is 2.15. The molecule has 0 spiro atoms. The lowest BCUT2D eigenvalue weighted by molar-refractivity contribution is -0.115.